The third-order valence-corrected chi connectivity index (χ3v) is 5.17. The number of nitrogens with zero attached hydrogens (tertiary/aromatic N) is 1. The Morgan fingerprint density at radius 1 is 0.935 bits per heavy atom. The minimum Gasteiger partial charge on any atom is -0.503 e. The largest absolute Gasteiger partial charge is 0.503 e. The highest BCUT2D eigenvalue weighted by atomic mass is 16.5. The number of benzene rings is 3. The number of amides is 1. The lowest BCUT2D eigenvalue weighted by atomic mass is 9.95. The van der Waals surface area contributed by atoms with Crippen LogP contribution in [0.4, 0.5) is 5.69 Å². The maximum absolute atomic E-state index is 13.2. The lowest BCUT2D eigenvalue weighted by Crippen LogP contribution is -2.30. The van der Waals surface area contributed by atoms with Crippen LogP contribution in [0.3, 0.4) is 0 Å². The molecule has 0 aromatic heterocycles. The Bertz CT molecular complexity index is 1150. The molecule has 1 atom stereocenters. The molecule has 5 nitrogen and oxygen atoms in total. The zero-order chi connectivity index (χ0) is 21.8. The number of allylic oxidation sites excluding steroid dienone is 1. The molecule has 0 saturated carbocycles. The van der Waals surface area contributed by atoms with E-state index in [2.05, 4.69) is 0 Å². The molecule has 5 heteroatoms. The number of ketones is 1. The SMILES string of the molecule is COc1ccc([C@H]2C(C(=O)/C=C/c3ccccc3)=C(O)C(=O)N2c2ccccc2)cc1. The van der Waals surface area contributed by atoms with Crippen molar-refractivity contribution in [2.24, 2.45) is 0 Å². The van der Waals surface area contributed by atoms with Crippen molar-refractivity contribution in [1.82, 2.24) is 0 Å². The van der Waals surface area contributed by atoms with Crippen LogP contribution in [0.15, 0.2) is 102 Å². The Hall–Kier alpha value is -4.12. The van der Waals surface area contributed by atoms with Gasteiger partial charge in [0.1, 0.15) is 5.75 Å². The predicted octanol–water partition coefficient (Wildman–Crippen LogP) is 4.88. The second-order valence-electron chi connectivity index (χ2n) is 7.06. The first-order valence-electron chi connectivity index (χ1n) is 9.83. The number of aliphatic hydroxyl groups is 1. The highest BCUT2D eigenvalue weighted by Gasteiger charge is 2.43. The fourth-order valence-corrected chi connectivity index (χ4v) is 3.64. The summed E-state index contributed by atoms with van der Waals surface area (Å²) >= 11 is 0. The van der Waals surface area contributed by atoms with Gasteiger partial charge in [-0.1, -0.05) is 66.7 Å². The van der Waals surface area contributed by atoms with Gasteiger partial charge >= 0.3 is 0 Å². The van der Waals surface area contributed by atoms with Crippen molar-refractivity contribution < 1.29 is 19.4 Å². The van der Waals surface area contributed by atoms with Crippen LogP contribution in [0, 0.1) is 0 Å². The minimum atomic E-state index is -0.756. The van der Waals surface area contributed by atoms with Crippen molar-refractivity contribution in [3.05, 3.63) is 113 Å². The van der Waals surface area contributed by atoms with Crippen molar-refractivity contribution in [3.8, 4) is 5.75 Å². The van der Waals surface area contributed by atoms with Crippen LogP contribution in [-0.2, 0) is 9.59 Å². The number of anilines is 1. The van der Waals surface area contributed by atoms with Crippen LogP contribution in [0.2, 0.25) is 0 Å². The van der Waals surface area contributed by atoms with Crippen molar-refractivity contribution in [2.45, 2.75) is 6.04 Å². The van der Waals surface area contributed by atoms with E-state index in [1.807, 2.05) is 36.4 Å². The Kier molecular flexibility index (Phi) is 5.67. The Morgan fingerprint density at radius 3 is 2.16 bits per heavy atom. The molecule has 0 saturated heterocycles. The molecule has 1 N–H and O–H groups in total. The third-order valence-electron chi connectivity index (χ3n) is 5.17. The van der Waals surface area contributed by atoms with Gasteiger partial charge in [0.15, 0.2) is 11.5 Å². The average Bonchev–Trinajstić information content (AvgIpc) is 3.09. The predicted molar refractivity (Wildman–Crippen MR) is 120 cm³/mol. The van der Waals surface area contributed by atoms with E-state index in [1.165, 1.54) is 11.0 Å². The maximum Gasteiger partial charge on any atom is 0.294 e. The monoisotopic (exact) mass is 411 g/mol. The molecular formula is C26H21NO4. The quantitative estimate of drug-likeness (QED) is 0.587. The molecule has 0 radical (unpaired) electrons. The molecule has 3 aromatic rings. The first-order chi connectivity index (χ1) is 15.1. The highest BCUT2D eigenvalue weighted by Crippen LogP contribution is 2.41. The van der Waals surface area contributed by atoms with Gasteiger partial charge in [-0.05, 0) is 41.5 Å². The zero-order valence-corrected chi connectivity index (χ0v) is 16.9. The summed E-state index contributed by atoms with van der Waals surface area (Å²) in [6.07, 6.45) is 3.06. The molecule has 31 heavy (non-hydrogen) atoms. The third kappa shape index (κ3) is 3.98. The van der Waals surface area contributed by atoms with E-state index in [-0.39, 0.29) is 5.57 Å². The topological polar surface area (TPSA) is 66.8 Å². The first kappa shape index (κ1) is 20.2. The summed E-state index contributed by atoms with van der Waals surface area (Å²) in [6, 6.07) is 24.7. The number of aliphatic hydroxyl groups excluding tert-OH is 1. The zero-order valence-electron chi connectivity index (χ0n) is 16.9. The number of para-hydroxylation sites is 1. The second kappa shape index (κ2) is 8.71. The molecule has 0 bridgehead atoms. The van der Waals surface area contributed by atoms with E-state index >= 15 is 0 Å². The number of carbonyl (C=O) groups excluding carboxylic acids is 2. The lowest BCUT2D eigenvalue weighted by Gasteiger charge is -2.26. The molecule has 154 valence electrons. The van der Waals surface area contributed by atoms with E-state index in [0.717, 1.165) is 5.56 Å². The summed E-state index contributed by atoms with van der Waals surface area (Å²) < 4.78 is 5.23. The molecule has 1 heterocycles. The van der Waals surface area contributed by atoms with Gasteiger partial charge in [0.2, 0.25) is 0 Å². The minimum absolute atomic E-state index is 0.0474. The molecule has 4 rings (SSSR count). The Labute approximate surface area is 180 Å². The highest BCUT2D eigenvalue weighted by molar-refractivity contribution is 6.19. The molecule has 0 unspecified atom stereocenters. The van der Waals surface area contributed by atoms with Crippen molar-refractivity contribution in [1.29, 1.82) is 0 Å². The normalized spacial score (nSPS) is 16.2. The van der Waals surface area contributed by atoms with E-state index in [0.29, 0.717) is 17.0 Å². The number of methoxy groups -OCH3 is 1. The van der Waals surface area contributed by atoms with Gasteiger partial charge in [-0.3, -0.25) is 14.5 Å². The number of ether oxygens (including phenoxy) is 1. The van der Waals surface area contributed by atoms with E-state index < -0.39 is 23.5 Å². The van der Waals surface area contributed by atoms with Crippen LogP contribution in [0.5, 0.6) is 5.75 Å². The van der Waals surface area contributed by atoms with Crippen LogP contribution in [0.25, 0.3) is 6.08 Å². The summed E-state index contributed by atoms with van der Waals surface area (Å²) in [4.78, 5) is 27.6. The van der Waals surface area contributed by atoms with Crippen LogP contribution >= 0.6 is 0 Å². The van der Waals surface area contributed by atoms with Crippen molar-refractivity contribution >= 4 is 23.5 Å². The van der Waals surface area contributed by atoms with Crippen molar-refractivity contribution in [3.63, 3.8) is 0 Å². The van der Waals surface area contributed by atoms with E-state index in [1.54, 1.807) is 61.7 Å². The van der Waals surface area contributed by atoms with Crippen LogP contribution in [-0.4, -0.2) is 23.9 Å². The Balaban J connectivity index is 1.77. The summed E-state index contributed by atoms with van der Waals surface area (Å²) in [6.45, 7) is 0. The first-order valence-corrected chi connectivity index (χ1v) is 9.83. The summed E-state index contributed by atoms with van der Waals surface area (Å²) in [5, 5.41) is 10.7. The number of rotatable bonds is 6. The number of hydrogen-bond donors (Lipinski definition) is 1. The van der Waals surface area contributed by atoms with Gasteiger partial charge < -0.3 is 9.84 Å². The molecular weight excluding hydrogens is 390 g/mol. The molecule has 0 aliphatic carbocycles. The maximum atomic E-state index is 13.2. The summed E-state index contributed by atoms with van der Waals surface area (Å²) in [5.41, 5.74) is 2.18. The number of hydrogen-bond acceptors (Lipinski definition) is 4. The molecule has 1 aliphatic heterocycles. The second-order valence-corrected chi connectivity index (χ2v) is 7.06. The van der Waals surface area contributed by atoms with E-state index in [4.69, 9.17) is 4.74 Å². The number of carbonyl (C=O) groups is 2. The molecule has 3 aromatic carbocycles. The smallest absolute Gasteiger partial charge is 0.294 e. The van der Waals surface area contributed by atoms with Gasteiger partial charge in [0, 0.05) is 5.69 Å². The fourth-order valence-electron chi connectivity index (χ4n) is 3.64. The Morgan fingerprint density at radius 2 is 1.55 bits per heavy atom. The molecule has 0 fully saturated rings. The van der Waals surface area contributed by atoms with Gasteiger partial charge in [-0.2, -0.15) is 0 Å². The van der Waals surface area contributed by atoms with Gasteiger partial charge in [-0.25, -0.2) is 0 Å². The van der Waals surface area contributed by atoms with Gasteiger partial charge in [-0.15, -0.1) is 0 Å². The van der Waals surface area contributed by atoms with Gasteiger partial charge in [0.05, 0.1) is 18.7 Å². The van der Waals surface area contributed by atoms with Gasteiger partial charge in [0.25, 0.3) is 5.91 Å². The summed E-state index contributed by atoms with van der Waals surface area (Å²) in [7, 11) is 1.57. The molecule has 1 aliphatic rings. The van der Waals surface area contributed by atoms with Crippen molar-refractivity contribution in [2.75, 3.05) is 12.0 Å². The molecule has 0 spiro atoms. The van der Waals surface area contributed by atoms with Crippen LogP contribution < -0.4 is 9.64 Å². The fraction of sp³-hybridized carbons (Fsp3) is 0.0769. The average molecular weight is 411 g/mol. The molecule has 1 amide bonds. The van der Waals surface area contributed by atoms with E-state index in [9.17, 15) is 14.7 Å². The van der Waals surface area contributed by atoms with Crippen LogP contribution in [0.1, 0.15) is 17.2 Å². The summed E-state index contributed by atoms with van der Waals surface area (Å²) in [5.74, 6) is -0.908. The standard InChI is InChI=1S/C26H21NO4/c1-31-21-15-13-19(14-16-21)24-23(22(28)17-12-18-8-4-2-5-9-18)25(29)26(30)27(24)20-10-6-3-7-11-20/h2-17,24,29H,1H3/b17-12+/t24-/m0/s1. The lowest BCUT2D eigenvalue weighted by molar-refractivity contribution is -0.117.